The van der Waals surface area contributed by atoms with Crippen LogP contribution in [0, 0.1) is 6.92 Å². The van der Waals surface area contributed by atoms with Crippen molar-refractivity contribution in [2.45, 2.75) is 43.7 Å². The van der Waals surface area contributed by atoms with Gasteiger partial charge in [-0.05, 0) is 68.1 Å². The molecule has 2 aromatic carbocycles. The first-order chi connectivity index (χ1) is 15.3. The number of aromatic nitrogens is 2. The Hall–Kier alpha value is -2.77. The molecule has 3 fully saturated rings. The molecular weight excluding hydrogens is 453 g/mol. The molecule has 1 aromatic heterocycles. The highest BCUT2D eigenvalue weighted by atomic mass is 35.5. The van der Waals surface area contributed by atoms with E-state index >= 15 is 0 Å². The fourth-order valence-corrected chi connectivity index (χ4v) is 4.79. The zero-order chi connectivity index (χ0) is 22.3. The number of rotatable bonds is 8. The Kier molecular flexibility index (Phi) is 5.26. The lowest BCUT2D eigenvalue weighted by atomic mass is 9.39. The maximum atomic E-state index is 12.3. The van der Waals surface area contributed by atoms with Crippen molar-refractivity contribution in [3.8, 4) is 11.5 Å². The summed E-state index contributed by atoms with van der Waals surface area (Å²) in [6.07, 6.45) is 2.34. The average molecular weight is 474 g/mol. The number of aryl methyl sites for hydroxylation is 1. The summed E-state index contributed by atoms with van der Waals surface area (Å²) in [6.45, 7) is 2.07. The van der Waals surface area contributed by atoms with Crippen molar-refractivity contribution in [2.24, 2.45) is 0 Å². The van der Waals surface area contributed by atoms with Gasteiger partial charge in [-0.15, -0.1) is 0 Å². The van der Waals surface area contributed by atoms with Crippen molar-refractivity contribution in [3.05, 3.63) is 69.8 Å². The summed E-state index contributed by atoms with van der Waals surface area (Å²) >= 11 is 12.0. The van der Waals surface area contributed by atoms with E-state index in [9.17, 15) is 4.79 Å². The highest BCUT2D eigenvalue weighted by molar-refractivity contribution is 6.31. The smallest absolute Gasteiger partial charge is 0.258 e. The second-order valence-corrected chi connectivity index (χ2v) is 9.44. The average Bonchev–Trinajstić information content (AvgIpc) is 3.19. The Morgan fingerprint density at radius 1 is 1.09 bits per heavy atom. The number of hydrogen-bond acceptors (Lipinski definition) is 6. The predicted octanol–water partition coefficient (Wildman–Crippen LogP) is 4.63. The van der Waals surface area contributed by atoms with Gasteiger partial charge in [0.05, 0.1) is 5.41 Å². The van der Waals surface area contributed by atoms with Gasteiger partial charge in [-0.2, -0.15) is 4.98 Å². The molecule has 7 nitrogen and oxygen atoms in total. The fraction of sp³-hybridized carbons (Fsp3) is 0.348. The first kappa shape index (κ1) is 21.1. The fourth-order valence-electron chi connectivity index (χ4n) is 4.50. The number of carbonyl (C=O) groups excluding carboxylic acids is 1. The van der Waals surface area contributed by atoms with E-state index in [1.54, 1.807) is 36.4 Å². The van der Waals surface area contributed by atoms with Crippen molar-refractivity contribution in [1.82, 2.24) is 15.5 Å². The molecule has 3 aliphatic carbocycles. The molecule has 0 unspecified atom stereocenters. The molecule has 1 heterocycles. The standard InChI is InChI=1S/C23H21Cl2N3O4/c1-14-2-5-17(8-18(14)25)31-10-20(29)27-23-11-22(12-23,13-23)21-26-19(28-32-21)9-30-16-6-3-15(24)4-7-16/h2-8H,9-13H2,1H3,(H,27,29). The van der Waals surface area contributed by atoms with Crippen LogP contribution >= 0.6 is 23.2 Å². The summed E-state index contributed by atoms with van der Waals surface area (Å²) in [5, 5.41) is 8.37. The minimum Gasteiger partial charge on any atom is -0.485 e. The summed E-state index contributed by atoms with van der Waals surface area (Å²) in [5.41, 5.74) is 0.604. The van der Waals surface area contributed by atoms with Crippen molar-refractivity contribution >= 4 is 29.1 Å². The molecule has 3 aromatic rings. The third kappa shape index (κ3) is 4.02. The summed E-state index contributed by atoms with van der Waals surface area (Å²) in [5.74, 6) is 2.20. The van der Waals surface area contributed by atoms with Crippen LogP contribution in [0.4, 0.5) is 0 Å². The van der Waals surface area contributed by atoms with Crippen LogP contribution in [0.25, 0.3) is 0 Å². The van der Waals surface area contributed by atoms with Gasteiger partial charge in [0.2, 0.25) is 11.7 Å². The molecule has 0 radical (unpaired) electrons. The van der Waals surface area contributed by atoms with Gasteiger partial charge < -0.3 is 19.3 Å². The zero-order valence-electron chi connectivity index (χ0n) is 17.4. The minimum atomic E-state index is -0.209. The van der Waals surface area contributed by atoms with Crippen LogP contribution in [0.15, 0.2) is 47.0 Å². The van der Waals surface area contributed by atoms with Crippen LogP contribution in [-0.4, -0.2) is 28.2 Å². The van der Waals surface area contributed by atoms with Crippen molar-refractivity contribution in [1.29, 1.82) is 0 Å². The lowest BCUT2D eigenvalue weighted by Gasteiger charge is -2.68. The van der Waals surface area contributed by atoms with E-state index in [4.69, 9.17) is 37.2 Å². The van der Waals surface area contributed by atoms with E-state index < -0.39 is 0 Å². The maximum Gasteiger partial charge on any atom is 0.258 e. The summed E-state index contributed by atoms with van der Waals surface area (Å²) in [4.78, 5) is 16.8. The van der Waals surface area contributed by atoms with Gasteiger partial charge in [-0.25, -0.2) is 0 Å². The van der Waals surface area contributed by atoms with E-state index in [0.717, 1.165) is 24.8 Å². The number of nitrogens with one attached hydrogen (secondary N) is 1. The number of halogens is 2. The predicted molar refractivity (Wildman–Crippen MR) is 118 cm³/mol. The van der Waals surface area contributed by atoms with E-state index in [2.05, 4.69) is 15.5 Å². The van der Waals surface area contributed by atoms with Gasteiger partial charge in [-0.3, -0.25) is 4.79 Å². The third-order valence-electron chi connectivity index (χ3n) is 6.05. The van der Waals surface area contributed by atoms with Crippen LogP contribution < -0.4 is 14.8 Å². The number of ether oxygens (including phenoxy) is 2. The summed E-state index contributed by atoms with van der Waals surface area (Å²) in [6, 6.07) is 12.5. The van der Waals surface area contributed by atoms with Crippen molar-refractivity contribution < 1.29 is 18.8 Å². The summed E-state index contributed by atoms with van der Waals surface area (Å²) < 4.78 is 16.7. The first-order valence-corrected chi connectivity index (χ1v) is 11.0. The highest BCUT2D eigenvalue weighted by Crippen LogP contribution is 2.67. The van der Waals surface area contributed by atoms with Gasteiger partial charge in [0.25, 0.3) is 5.91 Å². The minimum absolute atomic E-state index is 0.0547. The molecule has 2 bridgehead atoms. The van der Waals surface area contributed by atoms with E-state index in [1.165, 1.54) is 0 Å². The molecule has 6 rings (SSSR count). The number of nitrogens with zero attached hydrogens (tertiary/aromatic N) is 2. The molecule has 0 aliphatic heterocycles. The second-order valence-electron chi connectivity index (χ2n) is 8.60. The number of benzene rings is 2. The quantitative estimate of drug-likeness (QED) is 0.512. The largest absolute Gasteiger partial charge is 0.485 e. The molecule has 0 spiro atoms. The molecule has 1 amide bonds. The molecule has 9 heteroatoms. The summed E-state index contributed by atoms with van der Waals surface area (Å²) in [7, 11) is 0. The van der Waals surface area contributed by atoms with Crippen LogP contribution in [0.1, 0.15) is 36.5 Å². The Balaban J connectivity index is 1.09. The Labute approximate surface area is 195 Å². The Morgan fingerprint density at radius 2 is 1.81 bits per heavy atom. The van der Waals surface area contributed by atoms with Crippen LogP contribution in [0.2, 0.25) is 10.0 Å². The second kappa shape index (κ2) is 7.98. The van der Waals surface area contributed by atoms with Crippen LogP contribution in [0.3, 0.4) is 0 Å². The normalized spacial score (nSPS) is 23.1. The van der Waals surface area contributed by atoms with Crippen LogP contribution in [0.5, 0.6) is 11.5 Å². The van der Waals surface area contributed by atoms with Crippen LogP contribution in [-0.2, 0) is 16.8 Å². The molecule has 3 aliphatic rings. The molecule has 166 valence electrons. The van der Waals surface area contributed by atoms with Gasteiger partial charge in [0, 0.05) is 15.6 Å². The zero-order valence-corrected chi connectivity index (χ0v) is 18.9. The van der Waals surface area contributed by atoms with E-state index in [1.807, 2.05) is 13.0 Å². The lowest BCUT2D eigenvalue weighted by Crippen LogP contribution is -2.77. The Bertz CT molecular complexity index is 1140. The van der Waals surface area contributed by atoms with Gasteiger partial charge in [0.1, 0.15) is 11.5 Å². The Morgan fingerprint density at radius 3 is 2.53 bits per heavy atom. The lowest BCUT2D eigenvalue weighted by molar-refractivity contribution is -0.143. The number of carbonyl (C=O) groups is 1. The monoisotopic (exact) mass is 473 g/mol. The van der Waals surface area contributed by atoms with Gasteiger partial charge >= 0.3 is 0 Å². The molecule has 32 heavy (non-hydrogen) atoms. The van der Waals surface area contributed by atoms with Crippen molar-refractivity contribution in [3.63, 3.8) is 0 Å². The number of amides is 1. The molecule has 0 atom stereocenters. The maximum absolute atomic E-state index is 12.3. The molecular formula is C23H21Cl2N3O4. The van der Waals surface area contributed by atoms with Gasteiger partial charge in [0.15, 0.2) is 13.2 Å². The molecule has 0 saturated heterocycles. The third-order valence-corrected chi connectivity index (χ3v) is 6.71. The molecule has 3 saturated carbocycles. The van der Waals surface area contributed by atoms with Gasteiger partial charge in [-0.1, -0.05) is 34.4 Å². The number of hydrogen-bond donors (Lipinski definition) is 1. The van der Waals surface area contributed by atoms with E-state index in [0.29, 0.717) is 33.3 Å². The SMILES string of the molecule is Cc1ccc(OCC(=O)NC23CC(c4nc(COc5ccc(Cl)cc5)no4)(C2)C3)cc1Cl. The highest BCUT2D eigenvalue weighted by Gasteiger charge is 2.71. The molecule has 1 N–H and O–H groups in total. The van der Waals surface area contributed by atoms with Crippen molar-refractivity contribution in [2.75, 3.05) is 6.61 Å². The first-order valence-electron chi connectivity index (χ1n) is 10.3. The van der Waals surface area contributed by atoms with E-state index in [-0.39, 0.29) is 30.1 Å². The topological polar surface area (TPSA) is 86.5 Å².